The monoisotopic (exact) mass is 267 g/mol. The van der Waals surface area contributed by atoms with Gasteiger partial charge in [0.25, 0.3) is 0 Å². The van der Waals surface area contributed by atoms with Crippen molar-refractivity contribution in [2.45, 2.75) is 51.4 Å². The molecule has 0 aliphatic carbocycles. The number of halogens is 1. The molecule has 1 aromatic carbocycles. The summed E-state index contributed by atoms with van der Waals surface area (Å²) in [4.78, 5) is 0. The Morgan fingerprint density at radius 1 is 1.44 bits per heavy atom. The highest BCUT2D eigenvalue weighted by atomic mass is 35.5. The van der Waals surface area contributed by atoms with Crippen LogP contribution in [0.1, 0.15) is 32.3 Å². The van der Waals surface area contributed by atoms with E-state index in [0.717, 1.165) is 18.0 Å². The molecule has 1 aliphatic rings. The summed E-state index contributed by atoms with van der Waals surface area (Å²) in [5, 5.41) is 4.36. The second kappa shape index (κ2) is 6.55. The van der Waals surface area contributed by atoms with Gasteiger partial charge in [-0.2, -0.15) is 0 Å². The van der Waals surface area contributed by atoms with Crippen LogP contribution in [0.2, 0.25) is 5.02 Å². The molecule has 2 nitrogen and oxygen atoms in total. The van der Waals surface area contributed by atoms with Gasteiger partial charge in [0, 0.05) is 17.6 Å². The van der Waals surface area contributed by atoms with E-state index in [9.17, 15) is 0 Å². The summed E-state index contributed by atoms with van der Waals surface area (Å²) in [5.74, 6) is 0. The van der Waals surface area contributed by atoms with E-state index in [1.54, 1.807) is 0 Å². The molecule has 3 heteroatoms. The zero-order valence-electron chi connectivity index (χ0n) is 11.2. The third-order valence-electron chi connectivity index (χ3n) is 3.44. The van der Waals surface area contributed by atoms with Crippen LogP contribution in [0, 0.1) is 0 Å². The highest BCUT2D eigenvalue weighted by molar-refractivity contribution is 6.30. The molecule has 0 spiro atoms. The van der Waals surface area contributed by atoms with Crippen LogP contribution in [0.3, 0.4) is 0 Å². The number of nitrogens with one attached hydrogen (secondary N) is 1. The number of hydrogen-bond acceptors (Lipinski definition) is 2. The van der Waals surface area contributed by atoms with Crippen LogP contribution in [0.4, 0.5) is 0 Å². The van der Waals surface area contributed by atoms with Gasteiger partial charge >= 0.3 is 0 Å². The normalized spacial score (nSPS) is 25.3. The molecule has 1 saturated heterocycles. The molecule has 3 atom stereocenters. The van der Waals surface area contributed by atoms with Crippen LogP contribution < -0.4 is 5.32 Å². The minimum atomic E-state index is 0.391. The van der Waals surface area contributed by atoms with Gasteiger partial charge in [0.15, 0.2) is 0 Å². The average molecular weight is 268 g/mol. The highest BCUT2D eigenvalue weighted by Crippen LogP contribution is 2.18. The third-order valence-corrected chi connectivity index (χ3v) is 3.68. The molecule has 0 amide bonds. The fourth-order valence-electron chi connectivity index (χ4n) is 2.46. The van der Waals surface area contributed by atoms with E-state index in [-0.39, 0.29) is 0 Å². The second-order valence-electron chi connectivity index (χ2n) is 5.29. The van der Waals surface area contributed by atoms with E-state index in [1.165, 1.54) is 18.4 Å². The number of hydrogen-bond donors (Lipinski definition) is 1. The van der Waals surface area contributed by atoms with Crippen molar-refractivity contribution < 1.29 is 4.74 Å². The summed E-state index contributed by atoms with van der Waals surface area (Å²) in [5.41, 5.74) is 1.28. The summed E-state index contributed by atoms with van der Waals surface area (Å²) < 4.78 is 5.80. The standard InChI is InChI=1S/C15H22ClNO/c1-11(8-13-4-3-5-14(16)9-13)17-10-15-7-6-12(2)18-15/h3-5,9,11-12,15,17H,6-8,10H2,1-2H3. The first-order valence-electron chi connectivity index (χ1n) is 6.77. The minimum Gasteiger partial charge on any atom is -0.374 e. The molecule has 100 valence electrons. The highest BCUT2D eigenvalue weighted by Gasteiger charge is 2.21. The Morgan fingerprint density at radius 2 is 2.28 bits per heavy atom. The summed E-state index contributed by atoms with van der Waals surface area (Å²) in [6.07, 6.45) is 4.19. The molecule has 0 bridgehead atoms. The first-order valence-corrected chi connectivity index (χ1v) is 7.14. The lowest BCUT2D eigenvalue weighted by Crippen LogP contribution is -2.35. The topological polar surface area (TPSA) is 21.3 Å². The van der Waals surface area contributed by atoms with E-state index < -0.39 is 0 Å². The summed E-state index contributed by atoms with van der Waals surface area (Å²) in [6, 6.07) is 8.53. The molecular weight excluding hydrogens is 246 g/mol. The van der Waals surface area contributed by atoms with Gasteiger partial charge in [-0.3, -0.25) is 0 Å². The molecule has 0 aromatic heterocycles. The van der Waals surface area contributed by atoms with Crippen LogP contribution in [0.25, 0.3) is 0 Å². The Bertz CT molecular complexity index is 383. The van der Waals surface area contributed by atoms with E-state index >= 15 is 0 Å². The maximum atomic E-state index is 5.98. The Kier molecular flexibility index (Phi) is 5.04. The number of benzene rings is 1. The molecular formula is C15H22ClNO. The first kappa shape index (κ1) is 13.9. The van der Waals surface area contributed by atoms with Crippen molar-refractivity contribution >= 4 is 11.6 Å². The number of ether oxygens (including phenoxy) is 1. The lowest BCUT2D eigenvalue weighted by Gasteiger charge is -2.17. The molecule has 1 heterocycles. The Morgan fingerprint density at radius 3 is 2.94 bits per heavy atom. The lowest BCUT2D eigenvalue weighted by molar-refractivity contribution is 0.0546. The van der Waals surface area contributed by atoms with Gasteiger partial charge in [-0.1, -0.05) is 23.7 Å². The molecule has 0 radical (unpaired) electrons. The van der Waals surface area contributed by atoms with Crippen LogP contribution in [0.5, 0.6) is 0 Å². The van der Waals surface area contributed by atoms with Gasteiger partial charge in [-0.15, -0.1) is 0 Å². The predicted octanol–water partition coefficient (Wildman–Crippen LogP) is 3.43. The largest absolute Gasteiger partial charge is 0.374 e. The van der Waals surface area contributed by atoms with Crippen LogP contribution in [0.15, 0.2) is 24.3 Å². The average Bonchev–Trinajstić information content (AvgIpc) is 2.73. The van der Waals surface area contributed by atoms with E-state index in [2.05, 4.69) is 25.2 Å². The van der Waals surface area contributed by atoms with E-state index in [0.29, 0.717) is 18.2 Å². The van der Waals surface area contributed by atoms with Gasteiger partial charge in [0.1, 0.15) is 0 Å². The molecule has 1 aliphatic heterocycles. The van der Waals surface area contributed by atoms with Crippen LogP contribution in [-0.4, -0.2) is 24.8 Å². The molecule has 3 unspecified atom stereocenters. The second-order valence-corrected chi connectivity index (χ2v) is 5.73. The van der Waals surface area contributed by atoms with Gasteiger partial charge < -0.3 is 10.1 Å². The van der Waals surface area contributed by atoms with Crippen molar-refractivity contribution in [3.63, 3.8) is 0 Å². The Labute approximate surface area is 115 Å². The van der Waals surface area contributed by atoms with Crippen LogP contribution in [-0.2, 0) is 11.2 Å². The third kappa shape index (κ3) is 4.27. The van der Waals surface area contributed by atoms with E-state index in [4.69, 9.17) is 16.3 Å². The van der Waals surface area contributed by atoms with Crippen molar-refractivity contribution in [2.24, 2.45) is 0 Å². The van der Waals surface area contributed by atoms with E-state index in [1.807, 2.05) is 18.2 Å². The SMILES string of the molecule is CC(Cc1cccc(Cl)c1)NCC1CCC(C)O1. The molecule has 1 fully saturated rings. The van der Waals surface area contributed by atoms with Crippen molar-refractivity contribution in [1.82, 2.24) is 5.32 Å². The maximum absolute atomic E-state index is 5.98. The molecule has 18 heavy (non-hydrogen) atoms. The molecule has 1 N–H and O–H groups in total. The van der Waals surface area contributed by atoms with Crippen LogP contribution >= 0.6 is 11.6 Å². The van der Waals surface area contributed by atoms with Gasteiger partial charge in [-0.05, 0) is 50.8 Å². The first-order chi connectivity index (χ1) is 8.63. The summed E-state index contributed by atoms with van der Waals surface area (Å²) in [6.45, 7) is 5.31. The fourth-order valence-corrected chi connectivity index (χ4v) is 2.67. The minimum absolute atomic E-state index is 0.391. The lowest BCUT2D eigenvalue weighted by atomic mass is 10.1. The zero-order valence-corrected chi connectivity index (χ0v) is 11.9. The van der Waals surface area contributed by atoms with Crippen molar-refractivity contribution in [2.75, 3.05) is 6.54 Å². The molecule has 0 saturated carbocycles. The van der Waals surface area contributed by atoms with Gasteiger partial charge in [0.2, 0.25) is 0 Å². The number of rotatable bonds is 5. The zero-order chi connectivity index (χ0) is 13.0. The van der Waals surface area contributed by atoms with Crippen molar-refractivity contribution in [3.8, 4) is 0 Å². The molecule has 2 rings (SSSR count). The van der Waals surface area contributed by atoms with Crippen molar-refractivity contribution in [1.29, 1.82) is 0 Å². The predicted molar refractivity (Wildman–Crippen MR) is 76.2 cm³/mol. The summed E-state index contributed by atoms with van der Waals surface area (Å²) in [7, 11) is 0. The van der Waals surface area contributed by atoms with Gasteiger partial charge in [0.05, 0.1) is 12.2 Å². The Hall–Kier alpha value is -0.570. The fraction of sp³-hybridized carbons (Fsp3) is 0.600. The molecule has 1 aromatic rings. The summed E-state index contributed by atoms with van der Waals surface area (Å²) >= 11 is 5.98. The Balaban J connectivity index is 1.73. The van der Waals surface area contributed by atoms with Gasteiger partial charge in [-0.25, -0.2) is 0 Å². The smallest absolute Gasteiger partial charge is 0.0704 e. The quantitative estimate of drug-likeness (QED) is 0.883. The van der Waals surface area contributed by atoms with Crippen molar-refractivity contribution in [3.05, 3.63) is 34.9 Å². The maximum Gasteiger partial charge on any atom is 0.0704 e.